The number of hydrogen-bond acceptors (Lipinski definition) is 4. The first-order valence-electron chi connectivity index (χ1n) is 9.35. The molecule has 1 N–H and O–H groups in total. The summed E-state index contributed by atoms with van der Waals surface area (Å²) in [7, 11) is 0. The van der Waals surface area contributed by atoms with Crippen LogP contribution in [0.5, 0.6) is 0 Å². The fourth-order valence-corrected chi connectivity index (χ4v) is 3.82. The van der Waals surface area contributed by atoms with Crippen LogP contribution in [0.1, 0.15) is 64.2 Å². The van der Waals surface area contributed by atoms with Crippen molar-refractivity contribution in [3.05, 3.63) is 34.9 Å². The third-order valence-corrected chi connectivity index (χ3v) is 5.25. The summed E-state index contributed by atoms with van der Waals surface area (Å²) in [5.74, 6) is -2.39. The van der Waals surface area contributed by atoms with Crippen molar-refractivity contribution in [1.82, 2.24) is 9.80 Å². The number of aliphatic carboxylic acids is 1. The van der Waals surface area contributed by atoms with Gasteiger partial charge >= 0.3 is 5.97 Å². The maximum absolute atomic E-state index is 12.9. The molecule has 27 heavy (non-hydrogen) atoms. The fraction of sp³-hybridized carbons (Fsp3) is 0.500. The highest BCUT2D eigenvalue weighted by molar-refractivity contribution is 6.22. The van der Waals surface area contributed by atoms with E-state index in [4.69, 9.17) is 0 Å². The first-order valence-corrected chi connectivity index (χ1v) is 9.35. The molecule has 1 aromatic carbocycles. The SMILES string of the molecule is CCCCN1C(=O)c2ccc(C(=O)N3CC(C)CC(C(=O)O)C3)cc2C1=O. The van der Waals surface area contributed by atoms with Crippen molar-refractivity contribution < 1.29 is 24.3 Å². The Morgan fingerprint density at radius 3 is 2.52 bits per heavy atom. The first-order chi connectivity index (χ1) is 12.8. The van der Waals surface area contributed by atoms with Crippen LogP contribution in [0.2, 0.25) is 0 Å². The lowest BCUT2D eigenvalue weighted by Crippen LogP contribution is -2.45. The summed E-state index contributed by atoms with van der Waals surface area (Å²) in [6, 6.07) is 4.54. The van der Waals surface area contributed by atoms with Gasteiger partial charge in [-0.15, -0.1) is 0 Å². The lowest BCUT2D eigenvalue weighted by Gasteiger charge is -2.34. The van der Waals surface area contributed by atoms with E-state index in [2.05, 4.69) is 0 Å². The van der Waals surface area contributed by atoms with Crippen LogP contribution in [-0.4, -0.2) is 58.2 Å². The van der Waals surface area contributed by atoms with Gasteiger partial charge in [0.25, 0.3) is 17.7 Å². The topological polar surface area (TPSA) is 95.0 Å². The molecule has 7 nitrogen and oxygen atoms in total. The van der Waals surface area contributed by atoms with E-state index < -0.39 is 11.9 Å². The minimum absolute atomic E-state index is 0.0889. The highest BCUT2D eigenvalue weighted by Gasteiger charge is 2.37. The summed E-state index contributed by atoms with van der Waals surface area (Å²) in [6.45, 7) is 4.92. The molecule has 2 aliphatic heterocycles. The van der Waals surface area contributed by atoms with Crippen molar-refractivity contribution in [3.63, 3.8) is 0 Å². The summed E-state index contributed by atoms with van der Waals surface area (Å²) in [5, 5.41) is 9.29. The van der Waals surface area contributed by atoms with Crippen molar-refractivity contribution >= 4 is 23.7 Å². The number of amides is 3. The van der Waals surface area contributed by atoms with Crippen LogP contribution < -0.4 is 0 Å². The number of imide groups is 1. The van der Waals surface area contributed by atoms with E-state index in [1.165, 1.54) is 21.9 Å². The molecule has 2 heterocycles. The van der Waals surface area contributed by atoms with Crippen molar-refractivity contribution in [2.45, 2.75) is 33.1 Å². The number of benzene rings is 1. The normalized spacial score (nSPS) is 22.1. The molecule has 2 atom stereocenters. The summed E-state index contributed by atoms with van der Waals surface area (Å²) >= 11 is 0. The van der Waals surface area contributed by atoms with Crippen LogP contribution in [0.4, 0.5) is 0 Å². The third-order valence-electron chi connectivity index (χ3n) is 5.25. The molecule has 0 aliphatic carbocycles. The number of carbonyl (C=O) groups is 4. The minimum Gasteiger partial charge on any atom is -0.481 e. The third kappa shape index (κ3) is 3.59. The van der Waals surface area contributed by atoms with Gasteiger partial charge in [0.2, 0.25) is 0 Å². The van der Waals surface area contributed by atoms with Crippen LogP contribution in [-0.2, 0) is 4.79 Å². The maximum Gasteiger partial charge on any atom is 0.308 e. The minimum atomic E-state index is -0.902. The summed E-state index contributed by atoms with van der Waals surface area (Å²) < 4.78 is 0. The molecule has 2 unspecified atom stereocenters. The monoisotopic (exact) mass is 372 g/mol. The predicted octanol–water partition coefficient (Wildman–Crippen LogP) is 2.27. The van der Waals surface area contributed by atoms with Crippen molar-refractivity contribution in [1.29, 1.82) is 0 Å². The van der Waals surface area contributed by atoms with Gasteiger partial charge in [0, 0.05) is 25.2 Å². The number of piperidine rings is 1. The second-order valence-corrected chi connectivity index (χ2v) is 7.46. The average molecular weight is 372 g/mol. The molecule has 0 radical (unpaired) electrons. The molecule has 144 valence electrons. The van der Waals surface area contributed by atoms with Gasteiger partial charge in [-0.2, -0.15) is 0 Å². The van der Waals surface area contributed by atoms with E-state index in [1.807, 2.05) is 13.8 Å². The molecule has 1 fully saturated rings. The average Bonchev–Trinajstić information content (AvgIpc) is 2.89. The smallest absolute Gasteiger partial charge is 0.308 e. The van der Waals surface area contributed by atoms with E-state index in [0.29, 0.717) is 30.6 Å². The van der Waals surface area contributed by atoms with Crippen molar-refractivity contribution in [2.24, 2.45) is 11.8 Å². The fourth-order valence-electron chi connectivity index (χ4n) is 3.82. The number of rotatable bonds is 5. The zero-order valence-electron chi connectivity index (χ0n) is 15.6. The second-order valence-electron chi connectivity index (χ2n) is 7.46. The predicted molar refractivity (Wildman–Crippen MR) is 97.5 cm³/mol. The van der Waals surface area contributed by atoms with Gasteiger partial charge < -0.3 is 10.0 Å². The zero-order valence-corrected chi connectivity index (χ0v) is 15.6. The highest BCUT2D eigenvalue weighted by atomic mass is 16.4. The second kappa shape index (κ2) is 7.50. The van der Waals surface area contributed by atoms with Crippen molar-refractivity contribution in [2.75, 3.05) is 19.6 Å². The zero-order chi connectivity index (χ0) is 19.7. The Balaban J connectivity index is 1.83. The molecule has 0 aromatic heterocycles. The van der Waals surface area contributed by atoms with Gasteiger partial charge in [0.15, 0.2) is 0 Å². The van der Waals surface area contributed by atoms with E-state index in [1.54, 1.807) is 6.07 Å². The Morgan fingerprint density at radius 1 is 1.15 bits per heavy atom. The van der Waals surface area contributed by atoms with Crippen LogP contribution >= 0.6 is 0 Å². The molecule has 0 saturated carbocycles. The number of fused-ring (bicyclic) bond motifs is 1. The van der Waals surface area contributed by atoms with Crippen LogP contribution in [0, 0.1) is 11.8 Å². The first kappa shape index (κ1) is 19.1. The van der Waals surface area contributed by atoms with Crippen LogP contribution in [0.25, 0.3) is 0 Å². The molecule has 2 aliphatic rings. The van der Waals surface area contributed by atoms with E-state index >= 15 is 0 Å². The number of likely N-dealkylation sites (tertiary alicyclic amines) is 1. The Labute approximate surface area is 157 Å². The Kier molecular flexibility index (Phi) is 5.30. The number of carbonyl (C=O) groups excluding carboxylic acids is 3. The standard InChI is InChI=1S/C20H24N2O5/c1-3-4-7-22-18(24)15-6-5-13(9-16(15)19(22)25)17(23)21-10-12(2)8-14(11-21)20(26)27/h5-6,9,12,14H,3-4,7-8,10-11H2,1-2H3,(H,26,27). The number of nitrogens with zero attached hydrogens (tertiary/aromatic N) is 2. The molecule has 0 bridgehead atoms. The van der Waals surface area contributed by atoms with Crippen LogP contribution in [0.15, 0.2) is 18.2 Å². The highest BCUT2D eigenvalue weighted by Crippen LogP contribution is 2.27. The quantitative estimate of drug-likeness (QED) is 0.800. The molecule has 1 saturated heterocycles. The van der Waals surface area contributed by atoms with Gasteiger partial charge in [0.1, 0.15) is 0 Å². The van der Waals surface area contributed by atoms with Gasteiger partial charge in [-0.25, -0.2) is 0 Å². The lowest BCUT2D eigenvalue weighted by atomic mass is 9.90. The van der Waals surface area contributed by atoms with E-state index in [-0.39, 0.29) is 35.7 Å². The Hall–Kier alpha value is -2.70. The number of hydrogen-bond donors (Lipinski definition) is 1. The Bertz CT molecular complexity index is 804. The maximum atomic E-state index is 12.9. The summed E-state index contributed by atoms with van der Waals surface area (Å²) in [6.07, 6.45) is 2.15. The molecule has 7 heteroatoms. The summed E-state index contributed by atoms with van der Waals surface area (Å²) in [4.78, 5) is 51.9. The van der Waals surface area contributed by atoms with Gasteiger partial charge in [-0.05, 0) is 37.0 Å². The number of carboxylic acids is 1. The molecule has 3 amide bonds. The largest absolute Gasteiger partial charge is 0.481 e. The van der Waals surface area contributed by atoms with Gasteiger partial charge in [0.05, 0.1) is 17.0 Å². The number of unbranched alkanes of at least 4 members (excludes halogenated alkanes) is 1. The van der Waals surface area contributed by atoms with Crippen LogP contribution in [0.3, 0.4) is 0 Å². The molecule has 1 aromatic rings. The molecular weight excluding hydrogens is 348 g/mol. The lowest BCUT2D eigenvalue weighted by molar-refractivity contribution is -0.143. The molecule has 3 rings (SSSR count). The number of carboxylic acid groups (broad SMARTS) is 1. The Morgan fingerprint density at radius 2 is 1.85 bits per heavy atom. The molecular formula is C20H24N2O5. The summed E-state index contributed by atoms with van der Waals surface area (Å²) in [5.41, 5.74) is 0.885. The van der Waals surface area contributed by atoms with E-state index in [0.717, 1.165) is 12.8 Å². The van der Waals surface area contributed by atoms with Gasteiger partial charge in [-0.3, -0.25) is 24.1 Å². The van der Waals surface area contributed by atoms with E-state index in [9.17, 15) is 24.3 Å². The van der Waals surface area contributed by atoms with Crippen molar-refractivity contribution in [3.8, 4) is 0 Å². The molecule has 0 spiro atoms. The van der Waals surface area contributed by atoms with Gasteiger partial charge in [-0.1, -0.05) is 20.3 Å².